The van der Waals surface area contributed by atoms with Crippen LogP contribution in [0.3, 0.4) is 0 Å². The summed E-state index contributed by atoms with van der Waals surface area (Å²) in [5, 5.41) is 0. The van der Waals surface area contributed by atoms with Crippen LogP contribution in [0.25, 0.3) is 11.1 Å². The molecule has 5 nitrogen and oxygen atoms in total. The summed E-state index contributed by atoms with van der Waals surface area (Å²) in [6.07, 6.45) is 0. The van der Waals surface area contributed by atoms with Crippen LogP contribution in [0, 0.1) is 20.8 Å². The molecule has 3 aromatic rings. The third kappa shape index (κ3) is 3.51. The first-order chi connectivity index (χ1) is 11.0. The first-order valence-electron chi connectivity index (χ1n) is 7.29. The number of oxazole rings is 1. The molecule has 0 unspecified atom stereocenters. The molecule has 0 spiro atoms. The lowest BCUT2D eigenvalue weighted by Crippen LogP contribution is -2.18. The fourth-order valence-corrected chi connectivity index (χ4v) is 2.24. The van der Waals surface area contributed by atoms with E-state index in [2.05, 4.69) is 4.98 Å². The van der Waals surface area contributed by atoms with Crippen molar-refractivity contribution in [3.8, 4) is 11.5 Å². The summed E-state index contributed by atoms with van der Waals surface area (Å²) in [7, 11) is 0. The van der Waals surface area contributed by atoms with Gasteiger partial charge in [-0.15, -0.1) is 0 Å². The zero-order valence-electron chi connectivity index (χ0n) is 13.3. The molecule has 0 aliphatic rings. The van der Waals surface area contributed by atoms with E-state index in [4.69, 9.17) is 13.9 Å². The molecule has 0 bridgehead atoms. The maximum absolute atomic E-state index is 11.9. The molecule has 0 atom stereocenters. The molecule has 0 saturated heterocycles. The van der Waals surface area contributed by atoms with Crippen LogP contribution < -0.4 is 9.47 Å². The Kier molecular flexibility index (Phi) is 4.02. The summed E-state index contributed by atoms with van der Waals surface area (Å²) in [6, 6.07) is 10.9. The number of carbonyl (C=O) groups excluding carboxylic acids is 1. The summed E-state index contributed by atoms with van der Waals surface area (Å²) in [5.41, 5.74) is 3.37. The van der Waals surface area contributed by atoms with Crippen LogP contribution in [-0.2, 0) is 4.79 Å². The molecule has 0 radical (unpaired) electrons. The minimum atomic E-state index is -0.471. The molecule has 0 aliphatic carbocycles. The van der Waals surface area contributed by atoms with Crippen LogP contribution in [0.15, 0.2) is 40.8 Å². The molecule has 0 fully saturated rings. The number of aromatic nitrogens is 1. The molecule has 1 heterocycles. The highest BCUT2D eigenvalue weighted by atomic mass is 16.6. The number of hydrogen-bond acceptors (Lipinski definition) is 5. The molecule has 2 aromatic carbocycles. The average molecular weight is 311 g/mol. The van der Waals surface area contributed by atoms with E-state index in [1.165, 1.54) is 0 Å². The van der Waals surface area contributed by atoms with E-state index < -0.39 is 5.97 Å². The van der Waals surface area contributed by atoms with Crippen molar-refractivity contribution < 1.29 is 18.7 Å². The van der Waals surface area contributed by atoms with Crippen molar-refractivity contribution in [2.45, 2.75) is 20.8 Å². The maximum Gasteiger partial charge on any atom is 0.349 e. The minimum Gasteiger partial charge on any atom is -0.482 e. The van der Waals surface area contributed by atoms with E-state index in [1.54, 1.807) is 25.1 Å². The summed E-state index contributed by atoms with van der Waals surface area (Å²) in [6.45, 7) is 5.51. The van der Waals surface area contributed by atoms with Gasteiger partial charge in [0.15, 0.2) is 18.1 Å². The number of fused-ring (bicyclic) bond motifs is 1. The summed E-state index contributed by atoms with van der Waals surface area (Å²) in [4.78, 5) is 16.1. The van der Waals surface area contributed by atoms with Crippen molar-refractivity contribution in [2.24, 2.45) is 0 Å². The Morgan fingerprint density at radius 1 is 1.13 bits per heavy atom. The minimum absolute atomic E-state index is 0.155. The lowest BCUT2D eigenvalue weighted by atomic mass is 10.1. The number of benzene rings is 2. The van der Waals surface area contributed by atoms with Gasteiger partial charge >= 0.3 is 5.97 Å². The SMILES string of the molecule is Cc1ccc(C)c(OCC(=O)Oc2ccc3nc(C)oc3c2)c1. The van der Waals surface area contributed by atoms with E-state index in [9.17, 15) is 4.79 Å². The molecule has 118 valence electrons. The fraction of sp³-hybridized carbons (Fsp3) is 0.222. The molecule has 3 rings (SSSR count). The van der Waals surface area contributed by atoms with Crippen molar-refractivity contribution >= 4 is 17.1 Å². The van der Waals surface area contributed by atoms with Gasteiger partial charge in [0.2, 0.25) is 0 Å². The van der Waals surface area contributed by atoms with Gasteiger partial charge in [0.25, 0.3) is 0 Å². The molecule has 0 amide bonds. The van der Waals surface area contributed by atoms with E-state index in [0.29, 0.717) is 23.0 Å². The maximum atomic E-state index is 11.9. The standard InChI is InChI=1S/C18H17NO4/c1-11-4-5-12(2)16(8-11)21-10-18(20)23-14-6-7-15-17(9-14)22-13(3)19-15/h4-9H,10H2,1-3H3. The predicted octanol–water partition coefficient (Wildman–Crippen LogP) is 3.74. The third-order valence-electron chi connectivity index (χ3n) is 3.39. The zero-order chi connectivity index (χ0) is 16.4. The van der Waals surface area contributed by atoms with E-state index in [-0.39, 0.29) is 6.61 Å². The summed E-state index contributed by atoms with van der Waals surface area (Å²) in [5.74, 6) is 1.19. The Hall–Kier alpha value is -2.82. The van der Waals surface area contributed by atoms with Gasteiger partial charge in [-0.05, 0) is 43.2 Å². The Morgan fingerprint density at radius 3 is 2.78 bits per heavy atom. The lowest BCUT2D eigenvalue weighted by molar-refractivity contribution is -0.136. The highest BCUT2D eigenvalue weighted by molar-refractivity contribution is 5.78. The van der Waals surface area contributed by atoms with Gasteiger partial charge in [-0.1, -0.05) is 12.1 Å². The van der Waals surface area contributed by atoms with Crippen LogP contribution in [-0.4, -0.2) is 17.6 Å². The second kappa shape index (κ2) is 6.12. The van der Waals surface area contributed by atoms with Gasteiger partial charge in [0.05, 0.1) is 0 Å². The largest absolute Gasteiger partial charge is 0.482 e. The van der Waals surface area contributed by atoms with Crippen LogP contribution >= 0.6 is 0 Å². The molecule has 0 saturated carbocycles. The lowest BCUT2D eigenvalue weighted by Gasteiger charge is -2.09. The molecule has 0 aliphatic heterocycles. The van der Waals surface area contributed by atoms with Crippen molar-refractivity contribution in [1.29, 1.82) is 0 Å². The summed E-state index contributed by atoms with van der Waals surface area (Å²) >= 11 is 0. The number of ether oxygens (including phenoxy) is 2. The van der Waals surface area contributed by atoms with Crippen molar-refractivity contribution in [1.82, 2.24) is 4.98 Å². The van der Waals surface area contributed by atoms with Gasteiger partial charge in [-0.25, -0.2) is 9.78 Å². The van der Waals surface area contributed by atoms with Gasteiger partial charge in [-0.3, -0.25) is 0 Å². The number of rotatable bonds is 4. The van der Waals surface area contributed by atoms with Gasteiger partial charge in [-0.2, -0.15) is 0 Å². The molecule has 0 N–H and O–H groups in total. The number of nitrogens with zero attached hydrogens (tertiary/aromatic N) is 1. The normalized spacial score (nSPS) is 10.7. The Labute approximate surface area is 133 Å². The third-order valence-corrected chi connectivity index (χ3v) is 3.39. The first kappa shape index (κ1) is 15.1. The van der Waals surface area contributed by atoms with Crippen molar-refractivity contribution in [2.75, 3.05) is 6.61 Å². The number of carbonyl (C=O) groups is 1. The molecular formula is C18H17NO4. The van der Waals surface area contributed by atoms with Gasteiger partial charge < -0.3 is 13.9 Å². The smallest absolute Gasteiger partial charge is 0.349 e. The highest BCUT2D eigenvalue weighted by Crippen LogP contribution is 2.22. The summed E-state index contributed by atoms with van der Waals surface area (Å²) < 4.78 is 16.2. The Morgan fingerprint density at radius 2 is 1.96 bits per heavy atom. The van der Waals surface area contributed by atoms with Crippen LogP contribution in [0.1, 0.15) is 17.0 Å². The average Bonchev–Trinajstić information content (AvgIpc) is 2.87. The molecular weight excluding hydrogens is 294 g/mol. The van der Waals surface area contributed by atoms with Gasteiger partial charge in [0, 0.05) is 13.0 Å². The van der Waals surface area contributed by atoms with E-state index in [1.807, 2.05) is 32.0 Å². The first-order valence-corrected chi connectivity index (χ1v) is 7.29. The van der Waals surface area contributed by atoms with Crippen LogP contribution in [0.4, 0.5) is 0 Å². The Balaban J connectivity index is 1.65. The van der Waals surface area contributed by atoms with Crippen molar-refractivity contribution in [3.63, 3.8) is 0 Å². The van der Waals surface area contributed by atoms with Gasteiger partial charge in [0.1, 0.15) is 17.0 Å². The topological polar surface area (TPSA) is 61.6 Å². The quantitative estimate of drug-likeness (QED) is 0.542. The van der Waals surface area contributed by atoms with Crippen molar-refractivity contribution in [3.05, 3.63) is 53.4 Å². The Bertz CT molecular complexity index is 867. The number of esters is 1. The second-order valence-electron chi connectivity index (χ2n) is 5.39. The number of hydrogen-bond donors (Lipinski definition) is 0. The second-order valence-corrected chi connectivity index (χ2v) is 5.39. The van der Waals surface area contributed by atoms with Crippen LogP contribution in [0.2, 0.25) is 0 Å². The van der Waals surface area contributed by atoms with Crippen LogP contribution in [0.5, 0.6) is 11.5 Å². The fourth-order valence-electron chi connectivity index (χ4n) is 2.24. The molecule has 5 heteroatoms. The molecule has 23 heavy (non-hydrogen) atoms. The highest BCUT2D eigenvalue weighted by Gasteiger charge is 2.10. The number of aryl methyl sites for hydroxylation is 3. The molecule has 1 aromatic heterocycles. The monoisotopic (exact) mass is 311 g/mol. The zero-order valence-corrected chi connectivity index (χ0v) is 13.3. The van der Waals surface area contributed by atoms with E-state index >= 15 is 0 Å². The predicted molar refractivity (Wildman–Crippen MR) is 85.8 cm³/mol. The van der Waals surface area contributed by atoms with E-state index in [0.717, 1.165) is 16.6 Å².